The number of rotatable bonds is 5. The molecule has 1 aliphatic rings. The summed E-state index contributed by atoms with van der Waals surface area (Å²) < 4.78 is 6.90. The second kappa shape index (κ2) is 9.41. The number of ether oxygens (including phenoxy) is 1. The van der Waals surface area contributed by atoms with Gasteiger partial charge in [0.1, 0.15) is 11.6 Å². The Morgan fingerprint density at radius 3 is 2.13 bits per heavy atom. The molecule has 1 saturated heterocycles. The van der Waals surface area contributed by atoms with Crippen LogP contribution in [0.2, 0.25) is 10.0 Å². The minimum Gasteiger partial charge on any atom is -0.484 e. The minimum atomic E-state index is -0.223. The van der Waals surface area contributed by atoms with Gasteiger partial charge in [0.2, 0.25) is 0 Å². The van der Waals surface area contributed by atoms with Gasteiger partial charge in [-0.15, -0.1) is 5.10 Å². The SMILES string of the molecule is O=C(COc1ccc(Cl)cc1)N1CCN(c2ccc(=O)n(-c3ccc(Cl)cc3)n2)CC1. The van der Waals surface area contributed by atoms with Crippen LogP contribution < -0.4 is 15.2 Å². The number of amides is 1. The Hall–Kier alpha value is -3.03. The quantitative estimate of drug-likeness (QED) is 0.586. The number of carbonyl (C=O) groups excluding carboxylic acids is 1. The van der Waals surface area contributed by atoms with E-state index in [4.69, 9.17) is 27.9 Å². The Balaban J connectivity index is 1.36. The lowest BCUT2D eigenvalue weighted by atomic mass is 10.3. The van der Waals surface area contributed by atoms with Crippen molar-refractivity contribution in [2.75, 3.05) is 37.7 Å². The summed E-state index contributed by atoms with van der Waals surface area (Å²) in [6, 6.07) is 17.0. The largest absolute Gasteiger partial charge is 0.484 e. The molecule has 0 atom stereocenters. The number of nitrogens with zero attached hydrogens (tertiary/aromatic N) is 4. The molecule has 0 aliphatic carbocycles. The first kappa shape index (κ1) is 21.2. The lowest BCUT2D eigenvalue weighted by molar-refractivity contribution is -0.133. The van der Waals surface area contributed by atoms with Gasteiger partial charge in [-0.05, 0) is 54.6 Å². The van der Waals surface area contributed by atoms with E-state index in [1.807, 2.05) is 0 Å². The van der Waals surface area contributed by atoms with Gasteiger partial charge in [0, 0.05) is 42.3 Å². The molecule has 2 aromatic carbocycles. The van der Waals surface area contributed by atoms with Crippen LogP contribution in [0.4, 0.5) is 5.82 Å². The van der Waals surface area contributed by atoms with Crippen LogP contribution in [-0.4, -0.2) is 53.4 Å². The zero-order chi connectivity index (χ0) is 21.8. The second-order valence-electron chi connectivity index (χ2n) is 7.03. The van der Waals surface area contributed by atoms with Crippen molar-refractivity contribution in [3.8, 4) is 11.4 Å². The minimum absolute atomic E-state index is 0.0265. The third-order valence-electron chi connectivity index (χ3n) is 4.99. The zero-order valence-electron chi connectivity index (χ0n) is 16.6. The Morgan fingerprint density at radius 2 is 1.48 bits per heavy atom. The number of anilines is 1. The number of aromatic nitrogens is 2. The van der Waals surface area contributed by atoms with Crippen molar-refractivity contribution < 1.29 is 9.53 Å². The van der Waals surface area contributed by atoms with Crippen LogP contribution in [0.3, 0.4) is 0 Å². The van der Waals surface area contributed by atoms with Crippen LogP contribution >= 0.6 is 23.2 Å². The fraction of sp³-hybridized carbons (Fsp3) is 0.227. The summed E-state index contributed by atoms with van der Waals surface area (Å²) in [7, 11) is 0. The fourth-order valence-corrected chi connectivity index (χ4v) is 3.54. The van der Waals surface area contributed by atoms with E-state index in [0.717, 1.165) is 0 Å². The van der Waals surface area contributed by atoms with E-state index < -0.39 is 0 Å². The topological polar surface area (TPSA) is 67.7 Å². The first-order valence-electron chi connectivity index (χ1n) is 9.77. The van der Waals surface area contributed by atoms with Gasteiger partial charge in [-0.25, -0.2) is 0 Å². The normalized spacial score (nSPS) is 13.9. The molecule has 0 unspecified atom stereocenters. The van der Waals surface area contributed by atoms with Gasteiger partial charge < -0.3 is 14.5 Å². The Kier molecular flexibility index (Phi) is 6.44. The number of hydrogen-bond acceptors (Lipinski definition) is 5. The third-order valence-corrected chi connectivity index (χ3v) is 5.49. The summed E-state index contributed by atoms with van der Waals surface area (Å²) >= 11 is 11.8. The molecule has 0 saturated carbocycles. The van der Waals surface area contributed by atoms with Gasteiger partial charge in [0.05, 0.1) is 5.69 Å². The second-order valence-corrected chi connectivity index (χ2v) is 7.90. The summed E-state index contributed by atoms with van der Waals surface area (Å²) in [5.74, 6) is 1.21. The molecule has 0 spiro atoms. The molecule has 7 nitrogen and oxygen atoms in total. The molecule has 2 heterocycles. The summed E-state index contributed by atoms with van der Waals surface area (Å²) in [6.07, 6.45) is 0. The lowest BCUT2D eigenvalue weighted by Crippen LogP contribution is -2.50. The molecule has 31 heavy (non-hydrogen) atoms. The molecule has 0 N–H and O–H groups in total. The van der Waals surface area contributed by atoms with Crippen LogP contribution in [0.1, 0.15) is 0 Å². The molecule has 160 valence electrons. The molecule has 1 fully saturated rings. The van der Waals surface area contributed by atoms with Crippen molar-refractivity contribution in [3.05, 3.63) is 81.1 Å². The average Bonchev–Trinajstić information content (AvgIpc) is 2.80. The molecule has 4 rings (SSSR count). The van der Waals surface area contributed by atoms with E-state index in [-0.39, 0.29) is 18.1 Å². The molecule has 0 radical (unpaired) electrons. The number of piperazine rings is 1. The van der Waals surface area contributed by atoms with Gasteiger partial charge >= 0.3 is 0 Å². The standard InChI is InChI=1S/C22H20Cl2N4O3/c23-16-1-5-18(6-2-16)28-21(29)10-9-20(25-28)26-11-13-27(14-12-26)22(30)15-31-19-7-3-17(24)4-8-19/h1-10H,11-15H2. The fourth-order valence-electron chi connectivity index (χ4n) is 3.29. The third kappa shape index (κ3) is 5.18. The lowest BCUT2D eigenvalue weighted by Gasteiger charge is -2.35. The number of benzene rings is 2. The highest BCUT2D eigenvalue weighted by Crippen LogP contribution is 2.17. The van der Waals surface area contributed by atoms with E-state index in [0.29, 0.717) is 53.5 Å². The molecule has 0 bridgehead atoms. The maximum Gasteiger partial charge on any atom is 0.271 e. The first-order chi connectivity index (χ1) is 15.0. The van der Waals surface area contributed by atoms with Crippen molar-refractivity contribution in [2.45, 2.75) is 0 Å². The van der Waals surface area contributed by atoms with Crippen molar-refractivity contribution >= 4 is 34.9 Å². The molecule has 1 amide bonds. The monoisotopic (exact) mass is 458 g/mol. The van der Waals surface area contributed by atoms with Gasteiger partial charge in [-0.2, -0.15) is 4.68 Å². The van der Waals surface area contributed by atoms with E-state index >= 15 is 0 Å². The van der Waals surface area contributed by atoms with Crippen LogP contribution in [0, 0.1) is 0 Å². The summed E-state index contributed by atoms with van der Waals surface area (Å²) in [5, 5.41) is 5.70. The van der Waals surface area contributed by atoms with Crippen LogP contribution in [0.25, 0.3) is 5.69 Å². The molecule has 1 aliphatic heterocycles. The van der Waals surface area contributed by atoms with Gasteiger partial charge in [-0.1, -0.05) is 23.2 Å². The summed E-state index contributed by atoms with van der Waals surface area (Å²) in [6.45, 7) is 2.29. The zero-order valence-corrected chi connectivity index (χ0v) is 18.1. The van der Waals surface area contributed by atoms with Gasteiger partial charge in [-0.3, -0.25) is 9.59 Å². The van der Waals surface area contributed by atoms with Crippen molar-refractivity contribution in [1.29, 1.82) is 0 Å². The van der Waals surface area contributed by atoms with Gasteiger partial charge in [0.15, 0.2) is 6.61 Å². The highest BCUT2D eigenvalue weighted by atomic mass is 35.5. The number of halogens is 2. The molecular weight excluding hydrogens is 439 g/mol. The van der Waals surface area contributed by atoms with Crippen LogP contribution in [-0.2, 0) is 4.79 Å². The molecular formula is C22H20Cl2N4O3. The Morgan fingerprint density at radius 1 is 0.871 bits per heavy atom. The van der Waals surface area contributed by atoms with Crippen LogP contribution in [0.5, 0.6) is 5.75 Å². The first-order valence-corrected chi connectivity index (χ1v) is 10.5. The Bertz CT molecular complexity index is 1110. The van der Waals surface area contributed by atoms with Gasteiger partial charge in [0.25, 0.3) is 11.5 Å². The highest BCUT2D eigenvalue weighted by molar-refractivity contribution is 6.30. The van der Waals surface area contributed by atoms with E-state index in [1.165, 1.54) is 10.7 Å². The van der Waals surface area contributed by atoms with Crippen molar-refractivity contribution in [3.63, 3.8) is 0 Å². The highest BCUT2D eigenvalue weighted by Gasteiger charge is 2.22. The summed E-state index contributed by atoms with van der Waals surface area (Å²) in [4.78, 5) is 28.6. The number of carbonyl (C=O) groups is 1. The molecule has 1 aromatic heterocycles. The molecule has 9 heteroatoms. The predicted octanol–water partition coefficient (Wildman–Crippen LogP) is 3.27. The maximum absolute atomic E-state index is 12.5. The molecule has 3 aromatic rings. The van der Waals surface area contributed by atoms with Crippen LogP contribution in [0.15, 0.2) is 65.5 Å². The average molecular weight is 459 g/mol. The van der Waals surface area contributed by atoms with E-state index in [1.54, 1.807) is 59.5 Å². The maximum atomic E-state index is 12.5. The smallest absolute Gasteiger partial charge is 0.271 e. The Labute approximate surface area is 189 Å². The van der Waals surface area contributed by atoms with E-state index in [9.17, 15) is 9.59 Å². The predicted molar refractivity (Wildman–Crippen MR) is 121 cm³/mol. The van der Waals surface area contributed by atoms with Crippen molar-refractivity contribution in [2.24, 2.45) is 0 Å². The number of hydrogen-bond donors (Lipinski definition) is 0. The summed E-state index contributed by atoms with van der Waals surface area (Å²) in [5.41, 5.74) is 0.420. The van der Waals surface area contributed by atoms with E-state index in [2.05, 4.69) is 10.00 Å². The van der Waals surface area contributed by atoms with Crippen molar-refractivity contribution in [1.82, 2.24) is 14.7 Å².